The summed E-state index contributed by atoms with van der Waals surface area (Å²) in [6.07, 6.45) is -2.31. The highest BCUT2D eigenvalue weighted by Crippen LogP contribution is 2.24. The number of nitrogens with one attached hydrogen (secondary N) is 4. The summed E-state index contributed by atoms with van der Waals surface area (Å²) >= 11 is 0. The molecular weight excluding hydrogens is 628 g/mol. The number of hydrogen-bond donors (Lipinski definition) is 7. The Labute approximate surface area is 276 Å². The van der Waals surface area contributed by atoms with E-state index in [4.69, 9.17) is 10.5 Å². The number of rotatable bonds is 16. The summed E-state index contributed by atoms with van der Waals surface area (Å²) in [7, 11) is 0. The number of carbonyl (C=O) groups excluding carboxylic acids is 6. The number of nitrogens with zero attached hydrogens (tertiary/aromatic N) is 1. The lowest BCUT2D eigenvalue weighted by Crippen LogP contribution is -2.58. The van der Waals surface area contributed by atoms with Crippen LogP contribution in [0.15, 0.2) is 54.6 Å². The van der Waals surface area contributed by atoms with Crippen molar-refractivity contribution in [1.82, 2.24) is 26.4 Å². The van der Waals surface area contributed by atoms with Crippen molar-refractivity contribution in [3.05, 3.63) is 65.7 Å². The lowest BCUT2D eigenvalue weighted by Gasteiger charge is -2.26. The molecule has 2 aromatic carbocycles. The maximum absolute atomic E-state index is 13.1. The highest BCUT2D eigenvalue weighted by molar-refractivity contribution is 5.99. The fraction of sp³-hybridized carbons (Fsp3) is 0.406. The van der Waals surface area contributed by atoms with Crippen molar-refractivity contribution < 1.29 is 48.5 Å². The minimum atomic E-state index is -1.50. The Hall–Kier alpha value is -5.51. The van der Waals surface area contributed by atoms with Crippen LogP contribution in [0.1, 0.15) is 38.3 Å². The van der Waals surface area contributed by atoms with E-state index in [2.05, 4.69) is 21.4 Å². The maximum Gasteiger partial charge on any atom is 0.325 e. The van der Waals surface area contributed by atoms with Gasteiger partial charge in [-0.1, -0.05) is 56.3 Å². The third-order valence-corrected chi connectivity index (χ3v) is 7.34. The van der Waals surface area contributed by atoms with Crippen molar-refractivity contribution >= 4 is 41.4 Å². The highest BCUT2D eigenvalue weighted by Gasteiger charge is 2.53. The van der Waals surface area contributed by atoms with E-state index in [1.54, 1.807) is 13.8 Å². The number of ether oxygens (including phenoxy) is 1. The molecule has 1 saturated heterocycles. The number of primary amides is 1. The minimum absolute atomic E-state index is 0.000620. The number of hydrazine groups is 1. The summed E-state index contributed by atoms with van der Waals surface area (Å²) in [6.45, 7) is 3.71. The summed E-state index contributed by atoms with van der Waals surface area (Å²) < 4.78 is 5.16. The average molecular weight is 669 g/mol. The van der Waals surface area contributed by atoms with Gasteiger partial charge in [0.25, 0.3) is 17.7 Å². The van der Waals surface area contributed by atoms with Crippen LogP contribution in [-0.2, 0) is 51.1 Å². The Kier molecular flexibility index (Phi) is 13.0. The second-order valence-electron chi connectivity index (χ2n) is 11.6. The van der Waals surface area contributed by atoms with Gasteiger partial charge in [0.2, 0.25) is 17.7 Å². The summed E-state index contributed by atoms with van der Waals surface area (Å²) in [5.41, 5.74) is 9.07. The molecule has 1 aliphatic rings. The Morgan fingerprint density at radius 2 is 1.50 bits per heavy atom. The van der Waals surface area contributed by atoms with E-state index in [0.29, 0.717) is 17.0 Å². The number of aryl methyl sites for hydroxylation is 1. The molecule has 2 aromatic rings. The van der Waals surface area contributed by atoms with Gasteiger partial charge in [0, 0.05) is 12.8 Å². The van der Waals surface area contributed by atoms with Crippen LogP contribution >= 0.6 is 0 Å². The molecule has 1 aliphatic heterocycles. The number of nitrogens with two attached hydrogens (primary N) is 1. The number of epoxide rings is 1. The molecule has 8 N–H and O–H groups in total. The van der Waals surface area contributed by atoms with Crippen LogP contribution < -0.4 is 27.1 Å². The molecule has 0 saturated carbocycles. The normalized spacial score (nSPS) is 16.8. The van der Waals surface area contributed by atoms with Crippen LogP contribution in [0, 0.1) is 5.92 Å². The van der Waals surface area contributed by atoms with Crippen LogP contribution in [0.3, 0.4) is 0 Å². The molecule has 0 unspecified atom stereocenters. The van der Waals surface area contributed by atoms with Gasteiger partial charge in [0.15, 0.2) is 12.2 Å². The molecule has 48 heavy (non-hydrogen) atoms. The molecule has 16 nitrogen and oxygen atoms in total. The van der Waals surface area contributed by atoms with Crippen LogP contribution in [0.2, 0.25) is 0 Å². The van der Waals surface area contributed by atoms with Gasteiger partial charge in [-0.15, -0.1) is 0 Å². The number of benzene rings is 2. The van der Waals surface area contributed by atoms with E-state index in [9.17, 15) is 43.8 Å². The molecule has 3 rings (SSSR count). The zero-order chi connectivity index (χ0) is 35.5. The quantitative estimate of drug-likeness (QED) is 0.0840. The van der Waals surface area contributed by atoms with Crippen molar-refractivity contribution in [2.24, 2.45) is 11.7 Å². The first-order valence-electron chi connectivity index (χ1n) is 15.2. The highest BCUT2D eigenvalue weighted by atomic mass is 16.6. The van der Waals surface area contributed by atoms with Crippen LogP contribution in [-0.4, -0.2) is 93.5 Å². The number of aliphatic carboxylic acids is 1. The average Bonchev–Trinajstić information content (AvgIpc) is 3.84. The first-order valence-corrected chi connectivity index (χ1v) is 15.2. The van der Waals surface area contributed by atoms with Crippen molar-refractivity contribution in [3.8, 4) is 5.75 Å². The summed E-state index contributed by atoms with van der Waals surface area (Å²) in [5, 5.41) is 26.7. The number of phenolic OH excluding ortho intramolecular Hbond substituents is 1. The number of carbonyl (C=O) groups is 7. The van der Waals surface area contributed by atoms with Gasteiger partial charge in [-0.2, -0.15) is 0 Å². The largest absolute Gasteiger partial charge is 0.508 e. The molecule has 6 amide bonds. The van der Waals surface area contributed by atoms with Gasteiger partial charge in [-0.05, 0) is 42.5 Å². The van der Waals surface area contributed by atoms with Gasteiger partial charge in [-0.3, -0.25) is 39.0 Å². The number of carboxylic acid groups (broad SMARTS) is 1. The molecule has 0 aromatic heterocycles. The standard InChI is InChI=1S/C32H40N6O10/c1-17(2)25(36-23(40)14-11-19-7-5-4-6-8-19)30(45)34-18(3)29(44)37-38(16-24(41)42)32(47)27-26(48-27)31(46)35-22(28(33)43)15-20-9-12-21(39)13-10-20/h4-10,12-13,17-18,22,25-27,39H,11,14-16H2,1-3H3,(H2,33,43)(H,34,45)(H,35,46)(H,36,40)(H,37,44)(H,41,42)/t18-,22-,25-,26-,27-/m0/s1. The van der Waals surface area contributed by atoms with Gasteiger partial charge in [-0.25, -0.2) is 5.01 Å². The van der Waals surface area contributed by atoms with Crippen molar-refractivity contribution in [2.75, 3.05) is 6.54 Å². The van der Waals surface area contributed by atoms with Crippen LogP contribution in [0.25, 0.3) is 0 Å². The molecule has 0 spiro atoms. The molecule has 5 atom stereocenters. The first kappa shape index (κ1) is 37.0. The van der Waals surface area contributed by atoms with E-state index in [0.717, 1.165) is 5.56 Å². The SMILES string of the molecule is CC(C)[C@H](NC(=O)CCc1ccccc1)C(=O)N[C@@H](C)C(=O)NN(CC(=O)O)C(=O)[C@H]1O[C@@H]1C(=O)N[C@@H](Cc1ccc(O)cc1)C(N)=O. The monoisotopic (exact) mass is 668 g/mol. The van der Waals surface area contributed by atoms with Crippen molar-refractivity contribution in [1.29, 1.82) is 0 Å². The van der Waals surface area contributed by atoms with Crippen LogP contribution in [0.5, 0.6) is 5.75 Å². The second kappa shape index (κ2) is 16.9. The zero-order valence-corrected chi connectivity index (χ0v) is 26.7. The summed E-state index contributed by atoms with van der Waals surface area (Å²) in [5.74, 6) is -6.65. The first-order chi connectivity index (χ1) is 22.7. The zero-order valence-electron chi connectivity index (χ0n) is 26.7. The Morgan fingerprint density at radius 3 is 2.08 bits per heavy atom. The molecule has 1 fully saturated rings. The third-order valence-electron chi connectivity index (χ3n) is 7.34. The predicted octanol–water partition coefficient (Wildman–Crippen LogP) is -1.11. The van der Waals surface area contributed by atoms with Gasteiger partial charge < -0.3 is 36.6 Å². The number of phenols is 1. The molecule has 0 radical (unpaired) electrons. The molecule has 16 heteroatoms. The summed E-state index contributed by atoms with van der Waals surface area (Å²) in [6, 6.07) is 11.7. The third kappa shape index (κ3) is 11.1. The Balaban J connectivity index is 1.56. The van der Waals surface area contributed by atoms with E-state index in [1.165, 1.54) is 31.2 Å². The van der Waals surface area contributed by atoms with Crippen molar-refractivity contribution in [3.63, 3.8) is 0 Å². The molecule has 258 valence electrons. The molecular formula is C32H40N6O10. The predicted molar refractivity (Wildman–Crippen MR) is 168 cm³/mol. The topological polar surface area (TPSA) is 250 Å². The van der Waals surface area contributed by atoms with Gasteiger partial charge in [0.05, 0.1) is 0 Å². The molecule has 0 aliphatic carbocycles. The fourth-order valence-electron chi connectivity index (χ4n) is 4.59. The van der Waals surface area contributed by atoms with E-state index in [1.807, 2.05) is 30.3 Å². The van der Waals surface area contributed by atoms with E-state index < -0.39 is 72.4 Å². The van der Waals surface area contributed by atoms with Gasteiger partial charge in [0.1, 0.15) is 30.4 Å². The lowest BCUT2D eigenvalue weighted by atomic mass is 10.0. The minimum Gasteiger partial charge on any atom is -0.508 e. The number of aromatic hydroxyl groups is 1. The lowest BCUT2D eigenvalue weighted by molar-refractivity contribution is -0.151. The fourth-order valence-corrected chi connectivity index (χ4v) is 4.59. The molecule has 1 heterocycles. The number of carboxylic acids is 1. The van der Waals surface area contributed by atoms with Crippen molar-refractivity contribution in [2.45, 2.75) is 70.4 Å². The summed E-state index contributed by atoms with van der Waals surface area (Å²) in [4.78, 5) is 87.8. The Bertz CT molecular complexity index is 1500. The van der Waals surface area contributed by atoms with E-state index >= 15 is 0 Å². The Morgan fingerprint density at radius 1 is 0.854 bits per heavy atom. The van der Waals surface area contributed by atoms with Gasteiger partial charge >= 0.3 is 5.97 Å². The molecule has 0 bridgehead atoms. The van der Waals surface area contributed by atoms with E-state index in [-0.39, 0.29) is 30.4 Å². The maximum atomic E-state index is 13.1. The smallest absolute Gasteiger partial charge is 0.325 e. The number of amides is 6. The van der Waals surface area contributed by atoms with Crippen LogP contribution in [0.4, 0.5) is 0 Å². The second-order valence-corrected chi connectivity index (χ2v) is 11.6. The number of hydrogen-bond acceptors (Lipinski definition) is 9.